The number of amides is 1. The highest BCUT2D eigenvalue weighted by molar-refractivity contribution is 5.67. The lowest BCUT2D eigenvalue weighted by Gasteiger charge is -2.40. The second kappa shape index (κ2) is 45.4. The molecule has 0 aromatic rings. The maximum atomic E-state index is 12.0. The zero-order valence-electron chi connectivity index (χ0n) is 42.7. The van der Waals surface area contributed by atoms with Gasteiger partial charge in [0.1, 0.15) is 31.0 Å². The van der Waals surface area contributed by atoms with Gasteiger partial charge in [-0.3, -0.25) is 0 Å². The van der Waals surface area contributed by atoms with E-state index in [1.807, 2.05) is 6.92 Å². The molecule has 1 aliphatic heterocycles. The van der Waals surface area contributed by atoms with Crippen LogP contribution in [0.5, 0.6) is 0 Å². The normalized spacial score (nSPS) is 20.2. The maximum Gasteiger partial charge on any atom is 0.407 e. The van der Waals surface area contributed by atoms with E-state index in [-0.39, 0.29) is 13.2 Å². The molecule has 0 radical (unpaired) electrons. The van der Waals surface area contributed by atoms with Crippen molar-refractivity contribution in [2.45, 2.75) is 314 Å². The summed E-state index contributed by atoms with van der Waals surface area (Å²) in [6.07, 6.45) is 38.3. The van der Waals surface area contributed by atoms with Crippen LogP contribution in [0.3, 0.4) is 0 Å². The number of alkyl carbamates (subject to hydrolysis) is 1. The molecule has 1 fully saturated rings. The van der Waals surface area contributed by atoms with Gasteiger partial charge in [-0.15, -0.1) is 0 Å². The number of ether oxygens (including phenoxy) is 3. The smallest absolute Gasteiger partial charge is 0.407 e. The molecule has 11 nitrogen and oxygen atoms in total. The van der Waals surface area contributed by atoms with Crippen LogP contribution in [-0.2, 0) is 14.2 Å². The highest BCUT2D eigenvalue weighted by atomic mass is 16.7. The molecular formula is C54H108N2O9. The molecule has 8 atom stereocenters. The highest BCUT2D eigenvalue weighted by Crippen LogP contribution is 2.24. The number of rotatable bonds is 48. The lowest BCUT2D eigenvalue weighted by molar-refractivity contribution is -0.303. The van der Waals surface area contributed by atoms with E-state index in [1.54, 1.807) is 0 Å². The Morgan fingerprint density at radius 1 is 0.492 bits per heavy atom. The van der Waals surface area contributed by atoms with Gasteiger partial charge in [0, 0.05) is 6.54 Å². The minimum absolute atomic E-state index is 0.106. The Morgan fingerprint density at radius 3 is 1.28 bits per heavy atom. The monoisotopic (exact) mass is 929 g/mol. The van der Waals surface area contributed by atoms with Crippen LogP contribution in [0.25, 0.3) is 0 Å². The molecule has 0 saturated carbocycles. The first kappa shape index (κ1) is 62.0. The molecule has 0 aliphatic carbocycles. The fourth-order valence-electron chi connectivity index (χ4n) is 9.11. The van der Waals surface area contributed by atoms with Gasteiger partial charge in [0.15, 0.2) is 6.29 Å². The number of nitrogens with one attached hydrogen (secondary N) is 2. The van der Waals surface area contributed by atoms with Crippen LogP contribution in [-0.4, -0.2) is 107 Å². The van der Waals surface area contributed by atoms with Gasteiger partial charge in [-0.25, -0.2) is 4.79 Å². The number of carbonyl (C=O) groups is 1. The summed E-state index contributed by atoms with van der Waals surface area (Å²) in [4.78, 5) is 12.0. The Hall–Kier alpha value is -1.05. The molecule has 1 heterocycles. The van der Waals surface area contributed by atoms with Crippen LogP contribution in [0.2, 0.25) is 0 Å². The van der Waals surface area contributed by atoms with Crippen molar-refractivity contribution in [3.05, 3.63) is 0 Å². The summed E-state index contributed by atoms with van der Waals surface area (Å²) >= 11 is 0. The molecule has 1 rings (SSSR count). The summed E-state index contributed by atoms with van der Waals surface area (Å²) in [6.45, 7) is 7.07. The van der Waals surface area contributed by atoms with Gasteiger partial charge in [0.05, 0.1) is 24.9 Å². The quantitative estimate of drug-likeness (QED) is 0.0292. The molecule has 65 heavy (non-hydrogen) atoms. The molecule has 1 saturated heterocycles. The predicted octanol–water partition coefficient (Wildman–Crippen LogP) is 12.1. The van der Waals surface area contributed by atoms with Gasteiger partial charge >= 0.3 is 6.09 Å². The van der Waals surface area contributed by atoms with Gasteiger partial charge in [-0.2, -0.15) is 0 Å². The van der Waals surface area contributed by atoms with Gasteiger partial charge < -0.3 is 50.4 Å². The third-order valence-electron chi connectivity index (χ3n) is 13.6. The maximum absolute atomic E-state index is 12.0. The average molecular weight is 929 g/mol. The summed E-state index contributed by atoms with van der Waals surface area (Å²) in [5, 5.41) is 60.2. The highest BCUT2D eigenvalue weighted by Gasteiger charge is 2.45. The van der Waals surface area contributed by atoms with Crippen molar-refractivity contribution >= 4 is 6.09 Å². The van der Waals surface area contributed by atoms with Crippen LogP contribution < -0.4 is 10.6 Å². The molecule has 0 bridgehead atoms. The summed E-state index contributed by atoms with van der Waals surface area (Å²) in [5.41, 5.74) is 0. The molecule has 1 aliphatic rings. The van der Waals surface area contributed by atoms with Gasteiger partial charge in [-0.05, 0) is 25.8 Å². The van der Waals surface area contributed by atoms with Crippen LogP contribution in [0.1, 0.15) is 265 Å². The number of aliphatic hydroxyl groups is 5. The van der Waals surface area contributed by atoms with Crippen LogP contribution in [0.4, 0.5) is 4.79 Å². The van der Waals surface area contributed by atoms with Crippen LogP contribution in [0, 0.1) is 0 Å². The average Bonchev–Trinajstić information content (AvgIpc) is 3.31. The van der Waals surface area contributed by atoms with Crippen molar-refractivity contribution in [2.75, 3.05) is 26.3 Å². The second-order valence-electron chi connectivity index (χ2n) is 19.8. The Kier molecular flexibility index (Phi) is 43.3. The molecule has 3 unspecified atom stereocenters. The molecule has 1 amide bonds. The number of hydrogen-bond donors (Lipinski definition) is 7. The number of aliphatic hydroxyl groups excluding tert-OH is 5. The molecule has 388 valence electrons. The molecule has 0 aromatic carbocycles. The summed E-state index contributed by atoms with van der Waals surface area (Å²) in [5.74, 6) is 0. The third kappa shape index (κ3) is 34.8. The van der Waals surface area contributed by atoms with E-state index in [9.17, 15) is 30.3 Å². The minimum atomic E-state index is -1.59. The van der Waals surface area contributed by atoms with E-state index in [2.05, 4.69) is 24.5 Å². The van der Waals surface area contributed by atoms with Gasteiger partial charge in [0.2, 0.25) is 0 Å². The number of hydrogen-bond acceptors (Lipinski definition) is 10. The van der Waals surface area contributed by atoms with Crippen LogP contribution >= 0.6 is 0 Å². The SMILES string of the molecule is CCCCCCCCCCCCCCCCCCCCCCCCCCNC(CO[C@H]1O[C@H](COC(=O)NCCC)[C@H](O)[C@H](O)[C@H]1O)C(O)C(O)CCCCCCCCCCCCCC. The predicted molar refractivity (Wildman–Crippen MR) is 268 cm³/mol. The summed E-state index contributed by atoms with van der Waals surface area (Å²) < 4.78 is 16.9. The topological polar surface area (TPSA) is 170 Å². The standard InChI is InChI=1S/C54H108N2O9/c1-4-7-9-11-13-15-17-19-20-21-22-23-24-25-26-27-28-29-30-32-34-36-38-40-43-55-46(49(58)47(57)41-39-37-35-33-31-18-16-14-12-10-8-5-2)44-63-53-52(61)51(60)50(59)48(65-53)45-64-54(62)56-42-6-3/h46-53,55,57-61H,4-45H2,1-3H3,(H,56,62)/t46?,47?,48-,49?,50+,51+,52-,53+/m1/s1. The Labute approximate surface area is 400 Å². The molecular weight excluding hydrogens is 821 g/mol. The van der Waals surface area contributed by atoms with E-state index in [0.717, 1.165) is 44.9 Å². The fourth-order valence-corrected chi connectivity index (χ4v) is 9.11. The Balaban J connectivity index is 2.36. The first-order valence-electron chi connectivity index (χ1n) is 28.1. The van der Waals surface area contributed by atoms with Gasteiger partial charge in [0.25, 0.3) is 0 Å². The first-order chi connectivity index (χ1) is 31.8. The minimum Gasteiger partial charge on any atom is -0.447 e. The lowest BCUT2D eigenvalue weighted by atomic mass is 9.98. The zero-order chi connectivity index (χ0) is 47.4. The largest absolute Gasteiger partial charge is 0.447 e. The summed E-state index contributed by atoms with van der Waals surface area (Å²) in [7, 11) is 0. The summed E-state index contributed by atoms with van der Waals surface area (Å²) in [6, 6.07) is -0.652. The zero-order valence-corrected chi connectivity index (χ0v) is 42.7. The van der Waals surface area contributed by atoms with Crippen molar-refractivity contribution in [1.29, 1.82) is 0 Å². The first-order valence-corrected chi connectivity index (χ1v) is 28.1. The second-order valence-corrected chi connectivity index (χ2v) is 19.8. The molecule has 0 spiro atoms. The van der Waals surface area contributed by atoms with Crippen molar-refractivity contribution < 1.29 is 44.5 Å². The van der Waals surface area contributed by atoms with E-state index >= 15 is 0 Å². The third-order valence-corrected chi connectivity index (χ3v) is 13.6. The van der Waals surface area contributed by atoms with Crippen molar-refractivity contribution in [2.24, 2.45) is 0 Å². The Morgan fingerprint density at radius 2 is 0.877 bits per heavy atom. The van der Waals surface area contributed by atoms with Crippen molar-refractivity contribution in [1.82, 2.24) is 10.6 Å². The Bertz CT molecular complexity index is 1010. The molecule has 7 N–H and O–H groups in total. The van der Waals surface area contributed by atoms with E-state index < -0.39 is 55.0 Å². The van der Waals surface area contributed by atoms with Crippen molar-refractivity contribution in [3.63, 3.8) is 0 Å². The number of carbonyl (C=O) groups excluding carboxylic acids is 1. The van der Waals surface area contributed by atoms with E-state index in [4.69, 9.17) is 14.2 Å². The van der Waals surface area contributed by atoms with E-state index in [1.165, 1.54) is 193 Å². The number of unbranched alkanes of at least 4 members (excludes halogenated alkanes) is 34. The fraction of sp³-hybridized carbons (Fsp3) is 0.981. The van der Waals surface area contributed by atoms with Crippen molar-refractivity contribution in [3.8, 4) is 0 Å². The molecule has 11 heteroatoms. The van der Waals surface area contributed by atoms with E-state index in [0.29, 0.717) is 19.5 Å². The lowest BCUT2D eigenvalue weighted by Crippen LogP contribution is -2.60. The van der Waals surface area contributed by atoms with Gasteiger partial charge in [-0.1, -0.05) is 245 Å². The van der Waals surface area contributed by atoms with Crippen LogP contribution in [0.15, 0.2) is 0 Å². The molecule has 0 aromatic heterocycles.